The minimum Gasteiger partial charge on any atom is -0.393 e. The predicted octanol–water partition coefficient (Wildman–Crippen LogP) is 2.48. The maximum absolute atomic E-state index is 11.9. The molecule has 1 atom stereocenters. The summed E-state index contributed by atoms with van der Waals surface area (Å²) in [6.07, 6.45) is 5.05. The van der Waals surface area contributed by atoms with Crippen molar-refractivity contribution in [3.63, 3.8) is 0 Å². The fourth-order valence-electron chi connectivity index (χ4n) is 2.60. The monoisotopic (exact) mass is 241 g/mol. The van der Waals surface area contributed by atoms with E-state index in [1.807, 2.05) is 0 Å². The second-order valence-corrected chi connectivity index (χ2v) is 5.69. The Balaban J connectivity index is 2.29. The van der Waals surface area contributed by atoms with Gasteiger partial charge in [-0.15, -0.1) is 0 Å². The number of carbonyl (C=O) groups excluding carboxylic acids is 1. The first-order chi connectivity index (χ1) is 8.02. The molecule has 100 valence electrons. The molecule has 0 saturated heterocycles. The molecule has 0 bridgehead atoms. The van der Waals surface area contributed by atoms with Crippen LogP contribution in [0.3, 0.4) is 0 Å². The van der Waals surface area contributed by atoms with Crippen LogP contribution in [0, 0.1) is 11.8 Å². The molecule has 1 unspecified atom stereocenters. The molecule has 0 aromatic heterocycles. The summed E-state index contributed by atoms with van der Waals surface area (Å²) in [6, 6.07) is 0.288. The van der Waals surface area contributed by atoms with Crippen LogP contribution < -0.4 is 5.32 Å². The molecule has 0 radical (unpaired) electrons. The van der Waals surface area contributed by atoms with Gasteiger partial charge in [-0.25, -0.2) is 0 Å². The summed E-state index contributed by atoms with van der Waals surface area (Å²) in [5.74, 6) is 1.25. The van der Waals surface area contributed by atoms with Crippen LogP contribution in [0.4, 0.5) is 0 Å². The van der Waals surface area contributed by atoms with Crippen molar-refractivity contribution >= 4 is 5.91 Å². The molecule has 1 saturated carbocycles. The van der Waals surface area contributed by atoms with E-state index >= 15 is 0 Å². The number of carbonyl (C=O) groups is 1. The fraction of sp³-hybridized carbons (Fsp3) is 0.929. The Morgan fingerprint density at radius 2 is 1.88 bits per heavy atom. The Labute approximate surface area is 105 Å². The van der Waals surface area contributed by atoms with Gasteiger partial charge in [-0.3, -0.25) is 4.79 Å². The molecule has 2 N–H and O–H groups in total. The number of aliphatic hydroxyl groups is 1. The summed E-state index contributed by atoms with van der Waals surface area (Å²) in [5, 5.41) is 12.5. The van der Waals surface area contributed by atoms with Crippen LogP contribution in [-0.4, -0.2) is 23.2 Å². The highest BCUT2D eigenvalue weighted by atomic mass is 16.3. The van der Waals surface area contributed by atoms with Crippen molar-refractivity contribution in [3.05, 3.63) is 0 Å². The zero-order chi connectivity index (χ0) is 12.8. The minimum absolute atomic E-state index is 0.151. The highest BCUT2D eigenvalue weighted by molar-refractivity contribution is 5.76. The van der Waals surface area contributed by atoms with Gasteiger partial charge in [-0.05, 0) is 37.5 Å². The van der Waals surface area contributed by atoms with Gasteiger partial charge in [0.25, 0.3) is 0 Å². The molecule has 1 fully saturated rings. The van der Waals surface area contributed by atoms with Crippen molar-refractivity contribution in [1.82, 2.24) is 5.32 Å². The Kier molecular flexibility index (Phi) is 5.96. The summed E-state index contributed by atoms with van der Waals surface area (Å²) in [5.41, 5.74) is 0. The summed E-state index contributed by atoms with van der Waals surface area (Å²) in [6.45, 7) is 6.51. The van der Waals surface area contributed by atoms with Gasteiger partial charge in [0, 0.05) is 12.5 Å². The molecular formula is C14H27NO2. The molecule has 1 amide bonds. The third kappa shape index (κ3) is 5.07. The Morgan fingerprint density at radius 1 is 1.29 bits per heavy atom. The van der Waals surface area contributed by atoms with Crippen molar-refractivity contribution in [3.8, 4) is 0 Å². The lowest BCUT2D eigenvalue weighted by atomic mass is 9.89. The first-order valence-corrected chi connectivity index (χ1v) is 7.00. The van der Waals surface area contributed by atoms with Gasteiger partial charge in [-0.1, -0.05) is 27.2 Å². The summed E-state index contributed by atoms with van der Waals surface area (Å²) in [4.78, 5) is 11.9. The molecule has 17 heavy (non-hydrogen) atoms. The van der Waals surface area contributed by atoms with E-state index in [1.165, 1.54) is 0 Å². The number of hydrogen-bond donors (Lipinski definition) is 2. The largest absolute Gasteiger partial charge is 0.393 e. The zero-order valence-corrected chi connectivity index (χ0v) is 11.4. The average molecular weight is 241 g/mol. The lowest BCUT2D eigenvalue weighted by Gasteiger charge is -2.27. The predicted molar refractivity (Wildman–Crippen MR) is 69.6 cm³/mol. The van der Waals surface area contributed by atoms with E-state index < -0.39 is 0 Å². The molecule has 0 heterocycles. The lowest BCUT2D eigenvalue weighted by Crippen LogP contribution is -2.39. The van der Waals surface area contributed by atoms with Gasteiger partial charge >= 0.3 is 0 Å². The lowest BCUT2D eigenvalue weighted by molar-refractivity contribution is -0.123. The highest BCUT2D eigenvalue weighted by Crippen LogP contribution is 2.21. The average Bonchev–Trinajstić information content (AvgIpc) is 2.28. The van der Waals surface area contributed by atoms with Crippen LogP contribution in [0.1, 0.15) is 59.3 Å². The number of hydrogen-bond acceptors (Lipinski definition) is 2. The minimum atomic E-state index is -0.151. The first kappa shape index (κ1) is 14.5. The van der Waals surface area contributed by atoms with Crippen LogP contribution in [0.15, 0.2) is 0 Å². The highest BCUT2D eigenvalue weighted by Gasteiger charge is 2.22. The maximum atomic E-state index is 11.9. The molecule has 1 aliphatic rings. The van der Waals surface area contributed by atoms with Crippen LogP contribution in [-0.2, 0) is 4.79 Å². The topological polar surface area (TPSA) is 49.3 Å². The van der Waals surface area contributed by atoms with Crippen molar-refractivity contribution < 1.29 is 9.90 Å². The third-order valence-corrected chi connectivity index (χ3v) is 3.98. The quantitative estimate of drug-likeness (QED) is 0.777. The van der Waals surface area contributed by atoms with E-state index in [2.05, 4.69) is 26.1 Å². The van der Waals surface area contributed by atoms with Crippen molar-refractivity contribution in [1.29, 1.82) is 0 Å². The molecule has 1 aliphatic carbocycles. The summed E-state index contributed by atoms with van der Waals surface area (Å²) < 4.78 is 0. The van der Waals surface area contributed by atoms with Crippen LogP contribution in [0.5, 0.6) is 0 Å². The van der Waals surface area contributed by atoms with E-state index in [-0.39, 0.29) is 18.1 Å². The number of amides is 1. The Morgan fingerprint density at radius 3 is 2.35 bits per heavy atom. The molecule has 3 nitrogen and oxygen atoms in total. The van der Waals surface area contributed by atoms with Crippen LogP contribution in [0.25, 0.3) is 0 Å². The maximum Gasteiger partial charge on any atom is 0.220 e. The van der Waals surface area contributed by atoms with Crippen molar-refractivity contribution in [2.45, 2.75) is 71.4 Å². The van der Waals surface area contributed by atoms with Crippen LogP contribution >= 0.6 is 0 Å². The third-order valence-electron chi connectivity index (χ3n) is 3.98. The van der Waals surface area contributed by atoms with Gasteiger partial charge < -0.3 is 10.4 Å². The zero-order valence-electron chi connectivity index (χ0n) is 11.4. The molecule has 1 rings (SSSR count). The molecule has 0 spiro atoms. The SMILES string of the molecule is CCC(CC(=O)NC1CCC(O)CC1)C(C)C. The molecule has 0 aliphatic heterocycles. The molecule has 0 aromatic carbocycles. The summed E-state index contributed by atoms with van der Waals surface area (Å²) in [7, 11) is 0. The van der Waals surface area contributed by atoms with E-state index in [4.69, 9.17) is 0 Å². The van der Waals surface area contributed by atoms with Crippen molar-refractivity contribution in [2.24, 2.45) is 11.8 Å². The standard InChI is InChI=1S/C14H27NO2/c1-4-11(10(2)3)9-14(17)15-12-5-7-13(16)8-6-12/h10-13,16H,4-9H2,1-3H3,(H,15,17). The summed E-state index contributed by atoms with van der Waals surface area (Å²) >= 11 is 0. The molecule has 0 aromatic rings. The van der Waals surface area contributed by atoms with E-state index in [0.29, 0.717) is 18.3 Å². The second-order valence-electron chi connectivity index (χ2n) is 5.69. The Bertz CT molecular complexity index is 232. The fourth-order valence-corrected chi connectivity index (χ4v) is 2.60. The molecule has 3 heteroatoms. The second kappa shape index (κ2) is 7.00. The molecular weight excluding hydrogens is 214 g/mol. The van der Waals surface area contributed by atoms with E-state index in [9.17, 15) is 9.90 Å². The smallest absolute Gasteiger partial charge is 0.220 e. The number of aliphatic hydroxyl groups excluding tert-OH is 1. The Hall–Kier alpha value is -0.570. The normalized spacial score (nSPS) is 26.9. The van der Waals surface area contributed by atoms with E-state index in [0.717, 1.165) is 32.1 Å². The van der Waals surface area contributed by atoms with Gasteiger partial charge in [-0.2, -0.15) is 0 Å². The van der Waals surface area contributed by atoms with Gasteiger partial charge in [0.15, 0.2) is 0 Å². The van der Waals surface area contributed by atoms with E-state index in [1.54, 1.807) is 0 Å². The van der Waals surface area contributed by atoms with Gasteiger partial charge in [0.2, 0.25) is 5.91 Å². The van der Waals surface area contributed by atoms with Crippen molar-refractivity contribution in [2.75, 3.05) is 0 Å². The number of nitrogens with one attached hydrogen (secondary N) is 1. The number of rotatable bonds is 5. The van der Waals surface area contributed by atoms with Gasteiger partial charge in [0.1, 0.15) is 0 Å². The van der Waals surface area contributed by atoms with Crippen LogP contribution in [0.2, 0.25) is 0 Å². The van der Waals surface area contributed by atoms with Gasteiger partial charge in [0.05, 0.1) is 6.10 Å². The first-order valence-electron chi connectivity index (χ1n) is 7.00.